The van der Waals surface area contributed by atoms with Gasteiger partial charge in [0.2, 0.25) is 0 Å². The minimum atomic E-state index is -1.49. The summed E-state index contributed by atoms with van der Waals surface area (Å²) in [6.45, 7) is 0.828. The van der Waals surface area contributed by atoms with Crippen LogP contribution >= 0.6 is 0 Å². The molecule has 0 aliphatic carbocycles. The number of carbonyl (C=O) groups is 3. The molecule has 2 bridgehead atoms. The fourth-order valence-corrected chi connectivity index (χ4v) is 4.19. The van der Waals surface area contributed by atoms with Crippen LogP contribution in [0.15, 0.2) is 41.2 Å². The number of carboxylic acids is 1. The fourth-order valence-electron chi connectivity index (χ4n) is 4.19. The van der Waals surface area contributed by atoms with Crippen LogP contribution in [0.25, 0.3) is 0 Å². The number of pyridine rings is 1. The number of carboxylic acid groups (broad SMARTS) is 1. The van der Waals surface area contributed by atoms with E-state index >= 15 is 0 Å². The van der Waals surface area contributed by atoms with Crippen molar-refractivity contribution in [2.24, 2.45) is 5.92 Å². The molecule has 1 saturated heterocycles. The second-order valence-corrected chi connectivity index (χ2v) is 7.49. The summed E-state index contributed by atoms with van der Waals surface area (Å²) in [6, 6.07) is 7.90. The lowest BCUT2D eigenvalue weighted by atomic mass is 9.83. The van der Waals surface area contributed by atoms with Crippen LogP contribution in [0.2, 0.25) is 0 Å². The van der Waals surface area contributed by atoms with E-state index in [1.54, 1.807) is 10.6 Å². The van der Waals surface area contributed by atoms with Gasteiger partial charge in [0, 0.05) is 36.9 Å². The third kappa shape index (κ3) is 3.76. The van der Waals surface area contributed by atoms with E-state index < -0.39 is 23.7 Å². The van der Waals surface area contributed by atoms with Gasteiger partial charge in [0.25, 0.3) is 5.56 Å². The van der Waals surface area contributed by atoms with Gasteiger partial charge in [-0.1, -0.05) is 6.07 Å². The maximum Gasteiger partial charge on any atom is 0.394 e. The summed E-state index contributed by atoms with van der Waals surface area (Å²) in [5.74, 6) is -3.12. The van der Waals surface area contributed by atoms with Crippen molar-refractivity contribution < 1.29 is 23.9 Å². The summed E-state index contributed by atoms with van der Waals surface area (Å²) >= 11 is 0. The predicted octanol–water partition coefficient (Wildman–Crippen LogP) is 1.66. The highest BCUT2D eigenvalue weighted by Crippen LogP contribution is 2.35. The summed E-state index contributed by atoms with van der Waals surface area (Å²) in [5, 5.41) is 13.9. The van der Waals surface area contributed by atoms with E-state index in [9.17, 15) is 23.6 Å². The van der Waals surface area contributed by atoms with Gasteiger partial charge in [-0.25, -0.2) is 14.0 Å². The van der Waals surface area contributed by atoms with E-state index in [-0.39, 0.29) is 41.9 Å². The Morgan fingerprint density at radius 1 is 1.07 bits per heavy atom. The van der Waals surface area contributed by atoms with Crippen LogP contribution in [0, 0.1) is 11.7 Å². The Balaban J connectivity index is 1.52. The molecular weight excluding hydrogens is 395 g/mol. The zero-order valence-corrected chi connectivity index (χ0v) is 15.8. The molecule has 9 nitrogen and oxygen atoms in total. The number of aliphatic carboxylic acids is 1. The second-order valence-electron chi connectivity index (χ2n) is 7.49. The van der Waals surface area contributed by atoms with Gasteiger partial charge in [-0.15, -0.1) is 0 Å². The van der Waals surface area contributed by atoms with E-state index in [1.807, 2.05) is 0 Å². The summed E-state index contributed by atoms with van der Waals surface area (Å²) < 4.78 is 14.8. The first-order valence-electron chi connectivity index (χ1n) is 9.41. The number of nitrogens with zero attached hydrogens (tertiary/aromatic N) is 2. The number of halogens is 1. The minimum absolute atomic E-state index is 0.0476. The van der Waals surface area contributed by atoms with Gasteiger partial charge in [0.1, 0.15) is 11.5 Å². The smallest absolute Gasteiger partial charge is 0.394 e. The predicted molar refractivity (Wildman–Crippen MR) is 105 cm³/mol. The van der Waals surface area contributed by atoms with Crippen LogP contribution < -0.4 is 16.2 Å². The number of nitrogens with one attached hydrogen (secondary N) is 2. The molecule has 4 rings (SSSR count). The van der Waals surface area contributed by atoms with Gasteiger partial charge in [0.05, 0.1) is 0 Å². The lowest BCUT2D eigenvalue weighted by molar-refractivity contribution is -0.157. The van der Waals surface area contributed by atoms with E-state index in [0.29, 0.717) is 12.2 Å². The number of carbonyl (C=O) groups excluding carboxylic acids is 2. The number of aromatic nitrogens is 1. The van der Waals surface area contributed by atoms with Crippen LogP contribution in [0.3, 0.4) is 0 Å². The molecule has 3 amide bonds. The zero-order chi connectivity index (χ0) is 21.4. The van der Waals surface area contributed by atoms with Crippen molar-refractivity contribution in [1.29, 1.82) is 0 Å². The van der Waals surface area contributed by atoms with E-state index in [4.69, 9.17) is 5.11 Å². The number of hydrogen-bond donors (Lipinski definition) is 3. The van der Waals surface area contributed by atoms with Gasteiger partial charge >= 0.3 is 17.9 Å². The zero-order valence-electron chi connectivity index (χ0n) is 15.8. The highest BCUT2D eigenvalue weighted by atomic mass is 19.1. The average molecular weight is 414 g/mol. The Labute approximate surface area is 170 Å². The third-order valence-electron chi connectivity index (χ3n) is 5.41. The normalized spacial score (nSPS) is 19.6. The van der Waals surface area contributed by atoms with Crippen molar-refractivity contribution in [3.05, 3.63) is 58.3 Å². The topological polar surface area (TPSA) is 121 Å². The van der Waals surface area contributed by atoms with Crippen molar-refractivity contribution in [3.63, 3.8) is 0 Å². The number of anilines is 2. The van der Waals surface area contributed by atoms with Gasteiger partial charge < -0.3 is 25.2 Å². The Bertz CT molecular complexity index is 1100. The maximum atomic E-state index is 13.2. The van der Waals surface area contributed by atoms with Crippen LogP contribution in [0.1, 0.15) is 18.0 Å². The SMILES string of the molecule is O=C(Nc1cccc(F)c1)Nc1ccc2n(c1=O)CC1CC2CN(C(=O)C(=O)O)C1. The van der Waals surface area contributed by atoms with Crippen molar-refractivity contribution in [3.8, 4) is 0 Å². The number of benzene rings is 1. The van der Waals surface area contributed by atoms with Crippen LogP contribution in [0.5, 0.6) is 0 Å². The highest BCUT2D eigenvalue weighted by molar-refractivity contribution is 6.31. The van der Waals surface area contributed by atoms with E-state index in [2.05, 4.69) is 10.6 Å². The summed E-state index contributed by atoms with van der Waals surface area (Å²) in [5.41, 5.74) is 0.652. The van der Waals surface area contributed by atoms with E-state index in [1.165, 1.54) is 29.2 Å². The molecule has 1 aromatic heterocycles. The number of likely N-dealkylation sites (tertiary alicyclic amines) is 1. The van der Waals surface area contributed by atoms with Gasteiger partial charge in [-0.3, -0.25) is 9.59 Å². The largest absolute Gasteiger partial charge is 0.474 e. The summed E-state index contributed by atoms with van der Waals surface area (Å²) in [4.78, 5) is 49.2. The van der Waals surface area contributed by atoms with Crippen molar-refractivity contribution in [1.82, 2.24) is 9.47 Å². The lowest BCUT2D eigenvalue weighted by Crippen LogP contribution is -2.51. The molecule has 3 heterocycles. The number of hydrogen-bond acceptors (Lipinski definition) is 4. The fraction of sp³-hybridized carbons (Fsp3) is 0.300. The lowest BCUT2D eigenvalue weighted by Gasteiger charge is -2.42. The molecule has 10 heteroatoms. The van der Waals surface area contributed by atoms with Crippen molar-refractivity contribution >= 4 is 29.3 Å². The number of amides is 3. The molecule has 1 fully saturated rings. The molecule has 30 heavy (non-hydrogen) atoms. The monoisotopic (exact) mass is 414 g/mol. The molecular formula is C20H19FN4O5. The standard InChI is InChI=1S/C20H19FN4O5/c21-13-2-1-3-14(7-13)22-20(30)23-15-4-5-16-12-6-11(9-25(16)17(15)26)8-24(10-12)18(27)19(28)29/h1-5,7,11-12H,6,8-10H2,(H,28,29)(H2,22,23,30). The summed E-state index contributed by atoms with van der Waals surface area (Å²) in [6.07, 6.45) is 0.760. The Hall–Kier alpha value is -3.69. The van der Waals surface area contributed by atoms with Gasteiger partial charge in [-0.2, -0.15) is 0 Å². The molecule has 2 aliphatic rings. The molecule has 2 aliphatic heterocycles. The van der Waals surface area contributed by atoms with Crippen molar-refractivity contribution in [2.75, 3.05) is 23.7 Å². The van der Waals surface area contributed by atoms with Crippen LogP contribution in [-0.4, -0.2) is 45.6 Å². The molecule has 1 aromatic carbocycles. The highest BCUT2D eigenvalue weighted by Gasteiger charge is 2.38. The molecule has 0 spiro atoms. The first kappa shape index (κ1) is 19.6. The molecule has 156 valence electrons. The number of urea groups is 1. The molecule has 2 atom stereocenters. The quantitative estimate of drug-likeness (QED) is 0.646. The minimum Gasteiger partial charge on any atom is -0.474 e. The van der Waals surface area contributed by atoms with Crippen molar-refractivity contribution in [2.45, 2.75) is 18.9 Å². The third-order valence-corrected chi connectivity index (χ3v) is 5.41. The molecule has 2 unspecified atom stereocenters. The van der Waals surface area contributed by atoms with Crippen LogP contribution in [0.4, 0.5) is 20.6 Å². The molecule has 0 saturated carbocycles. The van der Waals surface area contributed by atoms with Crippen LogP contribution in [-0.2, 0) is 16.1 Å². The first-order chi connectivity index (χ1) is 14.3. The number of fused-ring (bicyclic) bond motifs is 4. The molecule has 3 N–H and O–H groups in total. The Morgan fingerprint density at radius 2 is 1.87 bits per heavy atom. The summed E-state index contributed by atoms with van der Waals surface area (Å²) in [7, 11) is 0. The molecule has 0 radical (unpaired) electrons. The first-order valence-corrected chi connectivity index (χ1v) is 9.41. The Morgan fingerprint density at radius 3 is 2.60 bits per heavy atom. The Kier molecular flexibility index (Phi) is 4.98. The average Bonchev–Trinajstić information content (AvgIpc) is 2.69. The van der Waals surface area contributed by atoms with Gasteiger partial charge in [-0.05, 0) is 42.7 Å². The number of rotatable bonds is 2. The maximum absolute atomic E-state index is 13.2. The molecule has 2 aromatic rings. The second kappa shape index (κ2) is 7.62. The van der Waals surface area contributed by atoms with Gasteiger partial charge in [0.15, 0.2) is 0 Å². The number of piperidine rings is 1. The van der Waals surface area contributed by atoms with E-state index in [0.717, 1.165) is 12.5 Å².